The lowest BCUT2D eigenvalue weighted by atomic mass is 10.1. The predicted octanol–water partition coefficient (Wildman–Crippen LogP) is 1.58. The van der Waals surface area contributed by atoms with E-state index in [4.69, 9.17) is 21.1 Å². The monoisotopic (exact) mass is 232 g/mol. The van der Waals surface area contributed by atoms with Gasteiger partial charge in [-0.15, -0.1) is 0 Å². The van der Waals surface area contributed by atoms with Crippen LogP contribution in [0.25, 0.3) is 0 Å². The molecule has 1 aromatic rings. The van der Waals surface area contributed by atoms with Gasteiger partial charge < -0.3 is 19.7 Å². The molecule has 1 rings (SSSR count). The molecular weight excluding hydrogens is 224 g/mol. The largest absolute Gasteiger partial charge is 0.504 e. The minimum absolute atomic E-state index is 0.120. The highest BCUT2D eigenvalue weighted by Gasteiger charge is 2.23. The fraction of sp³-hybridized carbons (Fsp3) is 0.222. The van der Waals surface area contributed by atoms with Crippen molar-refractivity contribution in [2.24, 2.45) is 0 Å². The summed E-state index contributed by atoms with van der Waals surface area (Å²) in [5, 5.41) is 18.8. The van der Waals surface area contributed by atoms with E-state index in [0.29, 0.717) is 6.29 Å². The second-order valence-corrected chi connectivity index (χ2v) is 2.99. The number of halogens is 1. The first-order valence-corrected chi connectivity index (χ1v) is 4.26. The van der Waals surface area contributed by atoms with Crippen molar-refractivity contribution in [2.45, 2.75) is 0 Å². The summed E-state index contributed by atoms with van der Waals surface area (Å²) in [5.41, 5.74) is -0.244. The van der Waals surface area contributed by atoms with Crippen molar-refractivity contribution in [3.63, 3.8) is 0 Å². The average Bonchev–Trinajstić information content (AvgIpc) is 2.23. The van der Waals surface area contributed by atoms with Crippen molar-refractivity contribution in [1.29, 1.82) is 0 Å². The van der Waals surface area contributed by atoms with E-state index in [2.05, 4.69) is 0 Å². The van der Waals surface area contributed by atoms with Crippen molar-refractivity contribution in [3.8, 4) is 23.0 Å². The summed E-state index contributed by atoms with van der Waals surface area (Å²) >= 11 is 5.63. The van der Waals surface area contributed by atoms with Gasteiger partial charge in [-0.3, -0.25) is 4.79 Å². The van der Waals surface area contributed by atoms with Crippen LogP contribution in [0.15, 0.2) is 0 Å². The summed E-state index contributed by atoms with van der Waals surface area (Å²) < 4.78 is 9.59. The zero-order chi connectivity index (χ0) is 11.6. The van der Waals surface area contributed by atoms with Crippen molar-refractivity contribution in [1.82, 2.24) is 0 Å². The molecule has 0 aliphatic heterocycles. The lowest BCUT2D eigenvalue weighted by Crippen LogP contribution is -1.95. The zero-order valence-electron chi connectivity index (χ0n) is 8.07. The number of carbonyl (C=O) groups is 1. The number of aldehydes is 1. The molecule has 0 fully saturated rings. The molecule has 0 radical (unpaired) electrons. The second-order valence-electron chi connectivity index (χ2n) is 2.61. The third kappa shape index (κ3) is 1.66. The molecule has 1 aromatic carbocycles. The maximum atomic E-state index is 10.6. The van der Waals surface area contributed by atoms with Crippen molar-refractivity contribution >= 4 is 17.9 Å². The van der Waals surface area contributed by atoms with Gasteiger partial charge in [0.05, 0.1) is 19.8 Å². The third-order valence-electron chi connectivity index (χ3n) is 1.86. The molecule has 0 spiro atoms. The normalized spacial score (nSPS) is 9.80. The van der Waals surface area contributed by atoms with Crippen LogP contribution in [-0.2, 0) is 0 Å². The van der Waals surface area contributed by atoms with Crippen molar-refractivity contribution in [3.05, 3.63) is 10.6 Å². The Morgan fingerprint density at radius 3 is 2.00 bits per heavy atom. The molecule has 0 saturated heterocycles. The first-order valence-electron chi connectivity index (χ1n) is 3.89. The van der Waals surface area contributed by atoms with Gasteiger partial charge in [0.1, 0.15) is 5.02 Å². The van der Waals surface area contributed by atoms with Gasteiger partial charge in [-0.1, -0.05) is 11.6 Å². The summed E-state index contributed by atoms with van der Waals surface area (Å²) in [7, 11) is 2.54. The van der Waals surface area contributed by atoms with Gasteiger partial charge in [0.2, 0.25) is 11.5 Å². The predicted molar refractivity (Wildman–Crippen MR) is 53.3 cm³/mol. The number of ether oxygens (including phenoxy) is 2. The lowest BCUT2D eigenvalue weighted by Gasteiger charge is -2.13. The van der Waals surface area contributed by atoms with E-state index < -0.39 is 11.5 Å². The highest BCUT2D eigenvalue weighted by atomic mass is 35.5. The number of hydrogen-bond donors (Lipinski definition) is 2. The Kier molecular flexibility index (Phi) is 3.26. The molecule has 15 heavy (non-hydrogen) atoms. The minimum atomic E-state index is -0.466. The van der Waals surface area contributed by atoms with Crippen LogP contribution >= 0.6 is 11.6 Å². The van der Waals surface area contributed by atoms with Gasteiger partial charge in [-0.25, -0.2) is 0 Å². The summed E-state index contributed by atoms with van der Waals surface area (Å²) in [6.07, 6.45) is 0.319. The van der Waals surface area contributed by atoms with Crippen LogP contribution in [0.2, 0.25) is 5.02 Å². The van der Waals surface area contributed by atoms with E-state index in [1.807, 2.05) is 0 Å². The van der Waals surface area contributed by atoms with Crippen LogP contribution in [-0.4, -0.2) is 30.7 Å². The maximum absolute atomic E-state index is 10.6. The van der Waals surface area contributed by atoms with E-state index in [1.54, 1.807) is 0 Å². The van der Waals surface area contributed by atoms with E-state index in [0.717, 1.165) is 0 Å². The van der Waals surface area contributed by atoms with Crippen LogP contribution in [0.3, 0.4) is 0 Å². The number of hydrogen-bond acceptors (Lipinski definition) is 5. The van der Waals surface area contributed by atoms with E-state index >= 15 is 0 Å². The quantitative estimate of drug-likeness (QED) is 0.611. The van der Waals surface area contributed by atoms with Crippen LogP contribution in [0.1, 0.15) is 10.4 Å². The van der Waals surface area contributed by atoms with Crippen LogP contribution in [0, 0.1) is 0 Å². The molecule has 0 heterocycles. The highest BCUT2D eigenvalue weighted by molar-refractivity contribution is 6.35. The Balaban J connectivity index is 3.64. The van der Waals surface area contributed by atoms with Crippen LogP contribution in [0.4, 0.5) is 0 Å². The molecule has 6 heteroatoms. The van der Waals surface area contributed by atoms with E-state index in [9.17, 15) is 15.0 Å². The van der Waals surface area contributed by atoms with Gasteiger partial charge >= 0.3 is 0 Å². The molecule has 0 aliphatic carbocycles. The molecule has 0 aliphatic rings. The Morgan fingerprint density at radius 1 is 1.13 bits per heavy atom. The van der Waals surface area contributed by atoms with Crippen molar-refractivity contribution < 1.29 is 24.5 Å². The van der Waals surface area contributed by atoms with Gasteiger partial charge in [0, 0.05) is 0 Å². The molecule has 0 amide bonds. The Bertz CT molecular complexity index is 402. The lowest BCUT2D eigenvalue weighted by molar-refractivity contribution is 0.112. The maximum Gasteiger partial charge on any atom is 0.208 e. The SMILES string of the molecule is COc1c(O)c(Cl)c(C=O)c(O)c1OC. The number of phenols is 2. The molecule has 82 valence electrons. The number of methoxy groups -OCH3 is 2. The number of rotatable bonds is 3. The number of benzene rings is 1. The molecule has 5 nitrogen and oxygen atoms in total. The molecule has 0 atom stereocenters. The van der Waals surface area contributed by atoms with Gasteiger partial charge in [-0.05, 0) is 0 Å². The summed E-state index contributed by atoms with van der Waals surface area (Å²) in [6.45, 7) is 0. The van der Waals surface area contributed by atoms with Crippen molar-refractivity contribution in [2.75, 3.05) is 14.2 Å². The van der Waals surface area contributed by atoms with Gasteiger partial charge in [-0.2, -0.15) is 0 Å². The molecule has 0 unspecified atom stereocenters. The Morgan fingerprint density at radius 2 is 1.60 bits per heavy atom. The highest BCUT2D eigenvalue weighted by Crippen LogP contribution is 2.49. The molecule has 0 bridgehead atoms. The van der Waals surface area contributed by atoms with E-state index in [1.165, 1.54) is 14.2 Å². The minimum Gasteiger partial charge on any atom is -0.504 e. The second kappa shape index (κ2) is 4.27. The first kappa shape index (κ1) is 11.5. The first-order chi connectivity index (χ1) is 7.08. The van der Waals surface area contributed by atoms with Gasteiger partial charge in [0.15, 0.2) is 17.8 Å². The summed E-state index contributed by atoms with van der Waals surface area (Å²) in [4.78, 5) is 10.6. The molecule has 0 aromatic heterocycles. The summed E-state index contributed by atoms with van der Waals surface area (Å²) in [6, 6.07) is 0. The fourth-order valence-corrected chi connectivity index (χ4v) is 1.37. The van der Waals surface area contributed by atoms with E-state index in [-0.39, 0.29) is 22.1 Å². The summed E-state index contributed by atoms with van der Waals surface area (Å²) in [5.74, 6) is -1.17. The third-order valence-corrected chi connectivity index (χ3v) is 2.24. The Labute approximate surface area is 90.8 Å². The number of aromatic hydroxyl groups is 2. The topological polar surface area (TPSA) is 76.0 Å². The number of carbonyl (C=O) groups excluding carboxylic acids is 1. The Hall–Kier alpha value is -1.62. The van der Waals surface area contributed by atoms with Crippen LogP contribution in [0.5, 0.6) is 23.0 Å². The molecule has 0 saturated carbocycles. The van der Waals surface area contributed by atoms with Crippen LogP contribution < -0.4 is 9.47 Å². The number of phenolic OH excluding ortho intramolecular Hbond substituents is 2. The molecular formula is C9H9ClO5. The zero-order valence-corrected chi connectivity index (χ0v) is 8.83. The van der Waals surface area contributed by atoms with Gasteiger partial charge in [0.25, 0.3) is 0 Å². The smallest absolute Gasteiger partial charge is 0.208 e. The molecule has 2 N–H and O–H groups in total. The standard InChI is InChI=1S/C9H9ClO5/c1-14-8-6(12)4(3-11)5(10)7(13)9(8)15-2/h3,12-13H,1-2H3. The average molecular weight is 233 g/mol. The fourth-order valence-electron chi connectivity index (χ4n) is 1.15.